The second-order valence-electron chi connectivity index (χ2n) is 4.19. The predicted octanol–water partition coefficient (Wildman–Crippen LogP) is 4.39. The Morgan fingerprint density at radius 2 is 1.95 bits per heavy atom. The number of halogens is 4. The second-order valence-corrected chi connectivity index (χ2v) is 4.60. The molecule has 0 amide bonds. The van der Waals surface area contributed by atoms with Crippen molar-refractivity contribution in [3.63, 3.8) is 0 Å². The first kappa shape index (κ1) is 14.5. The van der Waals surface area contributed by atoms with Gasteiger partial charge in [0, 0.05) is 16.9 Å². The molecular weight excluding hydrogens is 291 g/mol. The van der Waals surface area contributed by atoms with Crippen molar-refractivity contribution in [1.82, 2.24) is 4.98 Å². The highest BCUT2D eigenvalue weighted by Gasteiger charge is 2.31. The zero-order chi connectivity index (χ0) is 14.9. The summed E-state index contributed by atoms with van der Waals surface area (Å²) in [5.41, 5.74) is 6.10. The topological polar surface area (TPSA) is 50.9 Å². The van der Waals surface area contributed by atoms with Gasteiger partial charge in [0.25, 0.3) is 0 Å². The van der Waals surface area contributed by atoms with Crippen molar-refractivity contribution < 1.29 is 13.2 Å². The van der Waals surface area contributed by atoms with Crippen molar-refractivity contribution in [2.24, 2.45) is 0 Å². The molecule has 3 N–H and O–H groups in total. The minimum absolute atomic E-state index is 0.0163. The average molecular weight is 302 g/mol. The quantitative estimate of drug-likeness (QED) is 0.865. The molecule has 0 aliphatic heterocycles. The number of rotatable bonds is 2. The number of benzene rings is 1. The maximum absolute atomic E-state index is 12.7. The maximum Gasteiger partial charge on any atom is 0.417 e. The van der Waals surface area contributed by atoms with Crippen LogP contribution in [-0.4, -0.2) is 4.98 Å². The molecule has 1 heterocycles. The first-order valence-electron chi connectivity index (χ1n) is 5.64. The lowest BCUT2D eigenvalue weighted by Gasteiger charge is -2.14. The van der Waals surface area contributed by atoms with Gasteiger partial charge in [0.2, 0.25) is 0 Å². The lowest BCUT2D eigenvalue weighted by molar-refractivity contribution is -0.137. The molecule has 0 fully saturated rings. The Balaban J connectivity index is 2.41. The van der Waals surface area contributed by atoms with Crippen molar-refractivity contribution >= 4 is 28.8 Å². The highest BCUT2D eigenvalue weighted by molar-refractivity contribution is 6.31. The Morgan fingerprint density at radius 3 is 2.60 bits per heavy atom. The summed E-state index contributed by atoms with van der Waals surface area (Å²) >= 11 is 5.96. The molecule has 0 bridgehead atoms. The summed E-state index contributed by atoms with van der Waals surface area (Å²) in [5, 5.41) is 3.33. The fourth-order valence-corrected chi connectivity index (χ4v) is 1.79. The van der Waals surface area contributed by atoms with Gasteiger partial charge in [-0.2, -0.15) is 13.2 Å². The van der Waals surface area contributed by atoms with Gasteiger partial charge >= 0.3 is 6.18 Å². The third-order valence-corrected chi connectivity index (χ3v) is 3.19. The standard InChI is InChI=1S/C13H11ClF3N3/c1-7-9(14)3-2-4-10(7)20-11-5-8(13(15,16)17)6-19-12(11)18/h2-6,20H,1H3,(H2,18,19). The molecule has 0 atom stereocenters. The van der Waals surface area contributed by atoms with Crippen LogP contribution in [0, 0.1) is 6.92 Å². The Bertz CT molecular complexity index is 641. The number of pyridine rings is 1. The molecule has 0 aliphatic rings. The third kappa shape index (κ3) is 2.96. The van der Waals surface area contributed by atoms with Crippen LogP contribution in [0.1, 0.15) is 11.1 Å². The molecule has 3 nitrogen and oxygen atoms in total. The Labute approximate surface area is 118 Å². The summed E-state index contributed by atoms with van der Waals surface area (Å²) < 4.78 is 38.0. The summed E-state index contributed by atoms with van der Waals surface area (Å²) in [4.78, 5) is 3.56. The van der Waals surface area contributed by atoms with Crippen molar-refractivity contribution in [2.45, 2.75) is 13.1 Å². The Morgan fingerprint density at radius 1 is 1.25 bits per heavy atom. The van der Waals surface area contributed by atoms with Crippen molar-refractivity contribution in [3.8, 4) is 0 Å². The molecule has 0 radical (unpaired) electrons. The van der Waals surface area contributed by atoms with E-state index in [1.165, 1.54) is 0 Å². The molecule has 0 saturated carbocycles. The molecule has 0 aliphatic carbocycles. The number of alkyl halides is 3. The number of nitrogens with two attached hydrogens (primary N) is 1. The molecular formula is C13H11ClF3N3. The number of nitrogen functional groups attached to an aromatic ring is 1. The number of nitrogens with zero attached hydrogens (tertiary/aromatic N) is 1. The highest BCUT2D eigenvalue weighted by atomic mass is 35.5. The van der Waals surface area contributed by atoms with Gasteiger partial charge in [-0.1, -0.05) is 17.7 Å². The van der Waals surface area contributed by atoms with E-state index in [9.17, 15) is 13.2 Å². The van der Waals surface area contributed by atoms with Gasteiger partial charge in [0.1, 0.15) is 5.82 Å². The molecule has 1 aromatic heterocycles. The second kappa shape index (κ2) is 5.20. The molecule has 20 heavy (non-hydrogen) atoms. The van der Waals surface area contributed by atoms with E-state index in [2.05, 4.69) is 10.3 Å². The van der Waals surface area contributed by atoms with Gasteiger partial charge in [-0.05, 0) is 30.7 Å². The summed E-state index contributed by atoms with van der Waals surface area (Å²) in [5.74, 6) is -0.0163. The van der Waals surface area contributed by atoms with Crippen LogP contribution in [0.2, 0.25) is 5.02 Å². The SMILES string of the molecule is Cc1c(Cl)cccc1Nc1cc(C(F)(F)F)cnc1N. The highest BCUT2D eigenvalue weighted by Crippen LogP contribution is 2.34. The molecule has 0 saturated heterocycles. The smallest absolute Gasteiger partial charge is 0.382 e. The van der Waals surface area contributed by atoms with Gasteiger partial charge in [0.05, 0.1) is 11.3 Å². The number of hydrogen-bond donors (Lipinski definition) is 2. The molecule has 106 valence electrons. The van der Waals surface area contributed by atoms with Crippen LogP contribution in [-0.2, 0) is 6.18 Å². The fourth-order valence-electron chi connectivity index (χ4n) is 1.62. The molecule has 0 spiro atoms. The Kier molecular flexibility index (Phi) is 3.76. The number of nitrogens with one attached hydrogen (secondary N) is 1. The van der Waals surface area contributed by atoms with Gasteiger partial charge in [-0.25, -0.2) is 4.98 Å². The minimum Gasteiger partial charge on any atom is -0.382 e. The van der Waals surface area contributed by atoms with Crippen LogP contribution in [0.3, 0.4) is 0 Å². The Hall–Kier alpha value is -1.95. The van der Waals surface area contributed by atoms with Crippen LogP contribution in [0.25, 0.3) is 0 Å². The molecule has 2 aromatic rings. The zero-order valence-corrected chi connectivity index (χ0v) is 11.2. The zero-order valence-electron chi connectivity index (χ0n) is 10.4. The summed E-state index contributed by atoms with van der Waals surface area (Å²) in [6.07, 6.45) is -3.77. The normalized spacial score (nSPS) is 11.4. The van der Waals surface area contributed by atoms with Crippen molar-refractivity contribution in [1.29, 1.82) is 0 Å². The first-order chi connectivity index (χ1) is 9.29. The molecule has 2 rings (SSSR count). The predicted molar refractivity (Wildman–Crippen MR) is 73.1 cm³/mol. The van der Waals surface area contributed by atoms with E-state index >= 15 is 0 Å². The van der Waals surface area contributed by atoms with Gasteiger partial charge in [-0.3, -0.25) is 0 Å². The van der Waals surface area contributed by atoms with Crippen LogP contribution in [0.5, 0.6) is 0 Å². The van der Waals surface area contributed by atoms with Gasteiger partial charge in [0.15, 0.2) is 0 Å². The number of aromatic nitrogens is 1. The van der Waals surface area contributed by atoms with Crippen molar-refractivity contribution in [3.05, 3.63) is 46.6 Å². The van der Waals surface area contributed by atoms with Gasteiger partial charge in [-0.15, -0.1) is 0 Å². The monoisotopic (exact) mass is 301 g/mol. The van der Waals surface area contributed by atoms with E-state index < -0.39 is 11.7 Å². The van der Waals surface area contributed by atoms with E-state index in [-0.39, 0.29) is 11.5 Å². The van der Waals surface area contributed by atoms with E-state index in [1.807, 2.05) is 0 Å². The fraction of sp³-hybridized carbons (Fsp3) is 0.154. The van der Waals surface area contributed by atoms with Crippen LogP contribution >= 0.6 is 11.6 Å². The van der Waals surface area contributed by atoms with E-state index in [1.54, 1.807) is 25.1 Å². The lowest BCUT2D eigenvalue weighted by atomic mass is 10.2. The minimum atomic E-state index is -4.47. The van der Waals surface area contributed by atoms with Crippen LogP contribution < -0.4 is 11.1 Å². The summed E-state index contributed by atoms with van der Waals surface area (Å²) in [6.45, 7) is 1.75. The number of hydrogen-bond acceptors (Lipinski definition) is 3. The van der Waals surface area contributed by atoms with Crippen LogP contribution in [0.4, 0.5) is 30.4 Å². The van der Waals surface area contributed by atoms with E-state index in [4.69, 9.17) is 17.3 Å². The van der Waals surface area contributed by atoms with E-state index in [0.717, 1.165) is 6.07 Å². The molecule has 1 aromatic carbocycles. The number of anilines is 3. The van der Waals surface area contributed by atoms with Gasteiger partial charge < -0.3 is 11.1 Å². The lowest BCUT2D eigenvalue weighted by Crippen LogP contribution is -2.08. The molecule has 7 heteroatoms. The van der Waals surface area contributed by atoms with E-state index in [0.29, 0.717) is 22.5 Å². The largest absolute Gasteiger partial charge is 0.417 e. The third-order valence-electron chi connectivity index (χ3n) is 2.78. The summed E-state index contributed by atoms with van der Waals surface area (Å²) in [6, 6.07) is 5.99. The first-order valence-corrected chi connectivity index (χ1v) is 6.01. The average Bonchev–Trinajstić information content (AvgIpc) is 2.36. The van der Waals surface area contributed by atoms with Crippen LogP contribution in [0.15, 0.2) is 30.5 Å². The summed E-state index contributed by atoms with van der Waals surface area (Å²) in [7, 11) is 0. The maximum atomic E-state index is 12.7. The molecule has 0 unspecified atom stereocenters. The van der Waals surface area contributed by atoms with Crippen molar-refractivity contribution in [2.75, 3.05) is 11.1 Å².